The Morgan fingerprint density at radius 3 is 2.73 bits per heavy atom. The molecule has 1 aliphatic carbocycles. The molecule has 1 aromatic carbocycles. The lowest BCUT2D eigenvalue weighted by atomic mass is 10.0. The molecule has 124 valence electrons. The topological polar surface area (TPSA) is 46.3 Å². The molecule has 0 saturated heterocycles. The number of hydrogen-bond acceptors (Lipinski definition) is 2. The van der Waals surface area contributed by atoms with Gasteiger partial charge in [-0.05, 0) is 42.4 Å². The summed E-state index contributed by atoms with van der Waals surface area (Å²) >= 11 is 6.01. The number of rotatable bonds is 6. The Balaban J connectivity index is 0.00000242. The van der Waals surface area contributed by atoms with Crippen LogP contribution in [-0.2, 0) is 4.79 Å². The molecule has 1 aliphatic rings. The third kappa shape index (κ3) is 4.87. The standard InChI is InChI=1S/C17H25ClN2O.ClH/c1-11(2)16(19)7-8-20(3)17(21)15-10-14(15)12-5-4-6-13(18)9-12;/h4-6,9,11,14-16H,7-8,10,19H2,1-3H3;1H. The van der Waals surface area contributed by atoms with Gasteiger partial charge in [0.15, 0.2) is 0 Å². The number of halogens is 2. The van der Waals surface area contributed by atoms with Crippen LogP contribution in [0.5, 0.6) is 0 Å². The molecule has 1 amide bonds. The van der Waals surface area contributed by atoms with E-state index in [0.29, 0.717) is 11.8 Å². The first-order valence-electron chi connectivity index (χ1n) is 7.66. The second-order valence-electron chi connectivity index (χ2n) is 6.46. The number of hydrogen-bond donors (Lipinski definition) is 1. The van der Waals surface area contributed by atoms with Crippen LogP contribution in [0.25, 0.3) is 0 Å². The van der Waals surface area contributed by atoms with Crippen molar-refractivity contribution in [3.8, 4) is 0 Å². The van der Waals surface area contributed by atoms with E-state index in [-0.39, 0.29) is 30.3 Å². The second-order valence-corrected chi connectivity index (χ2v) is 6.90. The number of nitrogens with zero attached hydrogens (tertiary/aromatic N) is 1. The summed E-state index contributed by atoms with van der Waals surface area (Å²) in [4.78, 5) is 14.2. The molecule has 22 heavy (non-hydrogen) atoms. The lowest BCUT2D eigenvalue weighted by Crippen LogP contribution is -2.35. The lowest BCUT2D eigenvalue weighted by molar-refractivity contribution is -0.131. The first-order valence-corrected chi connectivity index (χ1v) is 8.04. The highest BCUT2D eigenvalue weighted by molar-refractivity contribution is 6.30. The van der Waals surface area contributed by atoms with Crippen LogP contribution in [0.2, 0.25) is 5.02 Å². The summed E-state index contributed by atoms with van der Waals surface area (Å²) in [6, 6.07) is 7.99. The van der Waals surface area contributed by atoms with E-state index < -0.39 is 0 Å². The van der Waals surface area contributed by atoms with Gasteiger partial charge in [-0.25, -0.2) is 0 Å². The first kappa shape index (κ1) is 19.3. The van der Waals surface area contributed by atoms with Crippen molar-refractivity contribution in [2.75, 3.05) is 13.6 Å². The average molecular weight is 345 g/mol. The van der Waals surface area contributed by atoms with E-state index in [0.717, 1.165) is 24.4 Å². The molecule has 1 aromatic rings. The Bertz CT molecular complexity index is 507. The summed E-state index contributed by atoms with van der Waals surface area (Å²) in [5.41, 5.74) is 7.21. The van der Waals surface area contributed by atoms with Crippen molar-refractivity contribution in [3.63, 3.8) is 0 Å². The Kier molecular flexibility index (Phi) is 7.17. The molecular weight excluding hydrogens is 319 g/mol. The minimum Gasteiger partial charge on any atom is -0.345 e. The van der Waals surface area contributed by atoms with E-state index >= 15 is 0 Å². The second kappa shape index (κ2) is 8.19. The zero-order valence-corrected chi connectivity index (χ0v) is 15.0. The van der Waals surface area contributed by atoms with E-state index in [1.807, 2.05) is 30.1 Å². The smallest absolute Gasteiger partial charge is 0.226 e. The maximum Gasteiger partial charge on any atom is 0.226 e. The Morgan fingerprint density at radius 2 is 2.14 bits per heavy atom. The van der Waals surface area contributed by atoms with Gasteiger partial charge in [-0.15, -0.1) is 12.4 Å². The highest BCUT2D eigenvalue weighted by Gasteiger charge is 2.45. The number of amides is 1. The van der Waals surface area contributed by atoms with Crippen LogP contribution in [0.4, 0.5) is 0 Å². The van der Waals surface area contributed by atoms with E-state index in [9.17, 15) is 4.79 Å². The zero-order chi connectivity index (χ0) is 15.6. The predicted octanol–water partition coefficient (Wildman–Crippen LogP) is 3.70. The lowest BCUT2D eigenvalue weighted by Gasteiger charge is -2.21. The summed E-state index contributed by atoms with van der Waals surface area (Å²) < 4.78 is 0. The maximum absolute atomic E-state index is 12.4. The van der Waals surface area contributed by atoms with Crippen LogP contribution in [0, 0.1) is 11.8 Å². The van der Waals surface area contributed by atoms with Gasteiger partial charge in [0, 0.05) is 30.6 Å². The fraction of sp³-hybridized carbons (Fsp3) is 0.588. The van der Waals surface area contributed by atoms with Crippen LogP contribution in [0.3, 0.4) is 0 Å². The molecular formula is C17H26Cl2N2O. The van der Waals surface area contributed by atoms with Crippen LogP contribution < -0.4 is 5.73 Å². The van der Waals surface area contributed by atoms with Crippen molar-refractivity contribution in [1.82, 2.24) is 4.90 Å². The molecule has 2 N–H and O–H groups in total. The molecule has 1 fully saturated rings. The largest absolute Gasteiger partial charge is 0.345 e. The molecule has 3 nitrogen and oxygen atoms in total. The van der Waals surface area contributed by atoms with Crippen LogP contribution >= 0.6 is 24.0 Å². The van der Waals surface area contributed by atoms with E-state index in [2.05, 4.69) is 19.9 Å². The van der Waals surface area contributed by atoms with Crippen LogP contribution in [0.15, 0.2) is 24.3 Å². The molecule has 5 heteroatoms. The van der Waals surface area contributed by atoms with Gasteiger partial charge < -0.3 is 10.6 Å². The molecule has 0 heterocycles. The number of nitrogens with two attached hydrogens (primary N) is 1. The van der Waals surface area contributed by atoms with Crippen molar-refractivity contribution >= 4 is 29.9 Å². The van der Waals surface area contributed by atoms with Crippen molar-refractivity contribution in [3.05, 3.63) is 34.9 Å². The fourth-order valence-corrected chi connectivity index (χ4v) is 2.84. The van der Waals surface area contributed by atoms with Crippen LogP contribution in [0.1, 0.15) is 38.2 Å². The fourth-order valence-electron chi connectivity index (χ4n) is 2.64. The van der Waals surface area contributed by atoms with E-state index in [4.69, 9.17) is 17.3 Å². The maximum atomic E-state index is 12.4. The monoisotopic (exact) mass is 344 g/mol. The minimum absolute atomic E-state index is 0. The summed E-state index contributed by atoms with van der Waals surface area (Å²) in [7, 11) is 1.88. The van der Waals surface area contributed by atoms with Gasteiger partial charge in [0.05, 0.1) is 0 Å². The summed E-state index contributed by atoms with van der Waals surface area (Å²) in [6.45, 7) is 4.96. The van der Waals surface area contributed by atoms with Crippen molar-refractivity contribution in [2.24, 2.45) is 17.6 Å². The number of benzene rings is 1. The zero-order valence-electron chi connectivity index (χ0n) is 13.5. The molecule has 3 atom stereocenters. The Hall–Kier alpha value is -0.770. The van der Waals surface area contributed by atoms with Crippen molar-refractivity contribution in [2.45, 2.75) is 38.6 Å². The molecule has 3 unspecified atom stereocenters. The number of carbonyl (C=O) groups is 1. The van der Waals surface area contributed by atoms with Gasteiger partial charge in [-0.3, -0.25) is 4.79 Å². The van der Waals surface area contributed by atoms with Gasteiger partial charge in [0.1, 0.15) is 0 Å². The summed E-state index contributed by atoms with van der Waals surface area (Å²) in [5, 5.41) is 0.738. The average Bonchev–Trinajstić information content (AvgIpc) is 3.23. The number of carbonyl (C=O) groups excluding carboxylic acids is 1. The third-order valence-corrected chi connectivity index (χ3v) is 4.65. The normalized spacial score (nSPS) is 21.2. The first-order chi connectivity index (χ1) is 9.90. The summed E-state index contributed by atoms with van der Waals surface area (Å²) in [6.07, 6.45) is 1.79. The van der Waals surface area contributed by atoms with Crippen LogP contribution in [-0.4, -0.2) is 30.4 Å². The SMILES string of the molecule is CC(C)C(N)CCN(C)C(=O)C1CC1c1cccc(Cl)c1.Cl. The van der Waals surface area contributed by atoms with Gasteiger partial charge in [-0.2, -0.15) is 0 Å². The predicted molar refractivity (Wildman–Crippen MR) is 94.6 cm³/mol. The summed E-state index contributed by atoms with van der Waals surface area (Å²) in [5.74, 6) is 1.13. The highest BCUT2D eigenvalue weighted by Crippen LogP contribution is 2.48. The van der Waals surface area contributed by atoms with E-state index in [1.54, 1.807) is 0 Å². The Labute approximate surface area is 144 Å². The molecule has 0 bridgehead atoms. The molecule has 0 aromatic heterocycles. The molecule has 1 saturated carbocycles. The van der Waals surface area contributed by atoms with Gasteiger partial charge in [-0.1, -0.05) is 37.6 Å². The third-order valence-electron chi connectivity index (χ3n) is 4.41. The Morgan fingerprint density at radius 1 is 1.45 bits per heavy atom. The van der Waals surface area contributed by atoms with Gasteiger partial charge in [0.2, 0.25) is 5.91 Å². The molecule has 0 aliphatic heterocycles. The van der Waals surface area contributed by atoms with Crippen molar-refractivity contribution in [1.29, 1.82) is 0 Å². The minimum atomic E-state index is 0. The quantitative estimate of drug-likeness (QED) is 0.855. The van der Waals surface area contributed by atoms with Gasteiger partial charge >= 0.3 is 0 Å². The molecule has 2 rings (SSSR count). The van der Waals surface area contributed by atoms with E-state index in [1.165, 1.54) is 5.56 Å². The molecule has 0 spiro atoms. The van der Waals surface area contributed by atoms with Gasteiger partial charge in [0.25, 0.3) is 0 Å². The van der Waals surface area contributed by atoms with Crippen molar-refractivity contribution < 1.29 is 4.79 Å². The highest BCUT2D eigenvalue weighted by atomic mass is 35.5. The molecule has 0 radical (unpaired) electrons.